The van der Waals surface area contributed by atoms with Crippen LogP contribution in [0.2, 0.25) is 5.02 Å². The number of hydrogen-bond acceptors (Lipinski definition) is 3. The monoisotopic (exact) mass is 373 g/mol. The minimum absolute atomic E-state index is 0.251. The number of nitrogens with one attached hydrogen (secondary N) is 2. The molecular formula is C20H24ClN3O2. The molecule has 6 heteroatoms. The number of amides is 2. The maximum Gasteiger partial charge on any atom is 0.319 e. The van der Waals surface area contributed by atoms with Gasteiger partial charge in [-0.3, -0.25) is 0 Å². The summed E-state index contributed by atoms with van der Waals surface area (Å²) in [6, 6.07) is 15.0. The number of urea groups is 1. The van der Waals surface area contributed by atoms with E-state index in [9.17, 15) is 4.79 Å². The van der Waals surface area contributed by atoms with Crippen LogP contribution in [-0.2, 0) is 0 Å². The Bertz CT molecular complexity index is 715. The van der Waals surface area contributed by atoms with Crippen molar-refractivity contribution in [2.45, 2.75) is 19.3 Å². The van der Waals surface area contributed by atoms with Crippen LogP contribution in [0.15, 0.2) is 48.5 Å². The predicted molar refractivity (Wildman–Crippen MR) is 106 cm³/mol. The molecule has 0 spiro atoms. The van der Waals surface area contributed by atoms with Gasteiger partial charge in [-0.25, -0.2) is 4.79 Å². The fourth-order valence-corrected chi connectivity index (χ4v) is 3.16. The lowest BCUT2D eigenvalue weighted by atomic mass is 10.1. The van der Waals surface area contributed by atoms with Crippen molar-refractivity contribution < 1.29 is 9.53 Å². The summed E-state index contributed by atoms with van der Waals surface area (Å²) in [6.45, 7) is 2.96. The van der Waals surface area contributed by atoms with Gasteiger partial charge in [-0.2, -0.15) is 0 Å². The number of benzene rings is 2. The maximum absolute atomic E-state index is 12.0. The molecule has 2 amide bonds. The summed E-state index contributed by atoms with van der Waals surface area (Å²) in [7, 11) is 0. The number of piperidine rings is 1. The highest BCUT2D eigenvalue weighted by atomic mass is 35.5. The highest BCUT2D eigenvalue weighted by molar-refractivity contribution is 6.32. The average molecular weight is 374 g/mol. The summed E-state index contributed by atoms with van der Waals surface area (Å²) in [4.78, 5) is 14.4. The third-order valence-electron chi connectivity index (χ3n) is 4.33. The first kappa shape index (κ1) is 18.4. The van der Waals surface area contributed by atoms with E-state index in [1.165, 1.54) is 24.9 Å². The number of rotatable bonds is 6. The topological polar surface area (TPSA) is 53.6 Å². The molecule has 2 aromatic carbocycles. The fourth-order valence-electron chi connectivity index (χ4n) is 2.97. The van der Waals surface area contributed by atoms with Crippen molar-refractivity contribution in [2.24, 2.45) is 0 Å². The highest BCUT2D eigenvalue weighted by Crippen LogP contribution is 2.23. The summed E-state index contributed by atoms with van der Waals surface area (Å²) >= 11 is 6.01. The quantitative estimate of drug-likeness (QED) is 0.731. The van der Waals surface area contributed by atoms with E-state index in [2.05, 4.69) is 27.7 Å². The van der Waals surface area contributed by atoms with E-state index in [1.807, 2.05) is 24.3 Å². The first-order valence-corrected chi connectivity index (χ1v) is 9.37. The molecule has 0 saturated carbocycles. The normalized spacial score (nSPS) is 14.0. The molecule has 1 saturated heterocycles. The zero-order valence-electron chi connectivity index (χ0n) is 14.7. The molecule has 0 unspecified atom stereocenters. The summed E-state index contributed by atoms with van der Waals surface area (Å²) in [6.07, 6.45) is 3.81. The lowest BCUT2D eigenvalue weighted by Gasteiger charge is -2.28. The number of nitrogens with zero attached hydrogens (tertiary/aromatic N) is 1. The van der Waals surface area contributed by atoms with E-state index in [-0.39, 0.29) is 6.03 Å². The molecular weight excluding hydrogens is 350 g/mol. The average Bonchev–Trinajstić information content (AvgIpc) is 2.68. The SMILES string of the molecule is O=C(NCCOc1ccccc1Cl)Nc1ccc(N2CCCCC2)cc1. The number of para-hydroxylation sites is 1. The van der Waals surface area contributed by atoms with E-state index < -0.39 is 0 Å². The molecule has 0 radical (unpaired) electrons. The van der Waals surface area contributed by atoms with Gasteiger partial charge in [-0.1, -0.05) is 23.7 Å². The van der Waals surface area contributed by atoms with Gasteiger partial charge < -0.3 is 20.3 Å². The molecule has 5 nitrogen and oxygen atoms in total. The van der Waals surface area contributed by atoms with Crippen LogP contribution < -0.4 is 20.3 Å². The maximum atomic E-state index is 12.0. The van der Waals surface area contributed by atoms with Crippen molar-refractivity contribution in [3.05, 3.63) is 53.6 Å². The molecule has 1 fully saturated rings. The molecule has 0 aliphatic carbocycles. The summed E-state index contributed by atoms with van der Waals surface area (Å²) in [5.74, 6) is 0.615. The minimum atomic E-state index is -0.251. The van der Waals surface area contributed by atoms with Gasteiger partial charge in [0.2, 0.25) is 0 Å². The standard InChI is InChI=1S/C20H24ClN3O2/c21-18-6-2-3-7-19(18)26-15-12-22-20(25)23-16-8-10-17(11-9-16)24-13-4-1-5-14-24/h2-3,6-11H,1,4-5,12-15H2,(H2,22,23,25). The Balaban J connectivity index is 1.39. The third kappa shape index (κ3) is 5.30. The van der Waals surface area contributed by atoms with Crippen molar-refractivity contribution in [2.75, 3.05) is 36.5 Å². The van der Waals surface area contributed by atoms with Gasteiger partial charge in [0.05, 0.1) is 11.6 Å². The van der Waals surface area contributed by atoms with Crippen LogP contribution in [0.3, 0.4) is 0 Å². The molecule has 0 bridgehead atoms. The van der Waals surface area contributed by atoms with Crippen molar-refractivity contribution in [1.82, 2.24) is 5.32 Å². The van der Waals surface area contributed by atoms with E-state index in [4.69, 9.17) is 16.3 Å². The second-order valence-electron chi connectivity index (χ2n) is 6.25. The van der Waals surface area contributed by atoms with Crippen LogP contribution in [0.1, 0.15) is 19.3 Å². The van der Waals surface area contributed by atoms with Gasteiger partial charge >= 0.3 is 6.03 Å². The van der Waals surface area contributed by atoms with Crippen LogP contribution in [0.25, 0.3) is 0 Å². The smallest absolute Gasteiger partial charge is 0.319 e. The molecule has 26 heavy (non-hydrogen) atoms. The van der Waals surface area contributed by atoms with Crippen molar-refractivity contribution >= 4 is 29.0 Å². The lowest BCUT2D eigenvalue weighted by Crippen LogP contribution is -2.32. The molecule has 1 aliphatic rings. The van der Waals surface area contributed by atoms with E-state index in [0.29, 0.717) is 23.9 Å². The van der Waals surface area contributed by atoms with Gasteiger partial charge in [0.25, 0.3) is 0 Å². The third-order valence-corrected chi connectivity index (χ3v) is 4.64. The Hall–Kier alpha value is -2.40. The number of anilines is 2. The number of hydrogen-bond donors (Lipinski definition) is 2. The lowest BCUT2D eigenvalue weighted by molar-refractivity contribution is 0.247. The van der Waals surface area contributed by atoms with Gasteiger partial charge in [0.1, 0.15) is 12.4 Å². The first-order chi connectivity index (χ1) is 12.7. The molecule has 0 aromatic heterocycles. The largest absolute Gasteiger partial charge is 0.490 e. The van der Waals surface area contributed by atoms with Crippen molar-refractivity contribution in [3.63, 3.8) is 0 Å². The van der Waals surface area contributed by atoms with Gasteiger partial charge in [-0.15, -0.1) is 0 Å². The zero-order chi connectivity index (χ0) is 18.2. The Kier molecular flexibility index (Phi) is 6.61. The van der Waals surface area contributed by atoms with E-state index in [1.54, 1.807) is 12.1 Å². The van der Waals surface area contributed by atoms with E-state index in [0.717, 1.165) is 18.8 Å². The van der Waals surface area contributed by atoms with Crippen LogP contribution in [0.5, 0.6) is 5.75 Å². The molecule has 3 rings (SSSR count). The number of halogens is 1. The predicted octanol–water partition coefficient (Wildman–Crippen LogP) is 4.53. The Morgan fingerprint density at radius 3 is 2.50 bits per heavy atom. The first-order valence-electron chi connectivity index (χ1n) is 8.99. The number of carbonyl (C=O) groups excluding carboxylic acids is 1. The van der Waals surface area contributed by atoms with Crippen LogP contribution in [0.4, 0.5) is 16.2 Å². The summed E-state index contributed by atoms with van der Waals surface area (Å²) < 4.78 is 5.54. The van der Waals surface area contributed by atoms with Gasteiger partial charge in [0.15, 0.2) is 0 Å². The fraction of sp³-hybridized carbons (Fsp3) is 0.350. The Labute approximate surface area is 159 Å². The summed E-state index contributed by atoms with van der Waals surface area (Å²) in [5, 5.41) is 6.16. The van der Waals surface area contributed by atoms with Crippen molar-refractivity contribution in [3.8, 4) is 5.75 Å². The van der Waals surface area contributed by atoms with E-state index >= 15 is 0 Å². The van der Waals surface area contributed by atoms with Crippen LogP contribution in [0, 0.1) is 0 Å². The minimum Gasteiger partial charge on any atom is -0.490 e. The van der Waals surface area contributed by atoms with Crippen LogP contribution >= 0.6 is 11.6 Å². The number of ether oxygens (including phenoxy) is 1. The molecule has 2 N–H and O–H groups in total. The zero-order valence-corrected chi connectivity index (χ0v) is 15.5. The second-order valence-corrected chi connectivity index (χ2v) is 6.66. The summed E-state index contributed by atoms with van der Waals surface area (Å²) in [5.41, 5.74) is 1.99. The second kappa shape index (κ2) is 9.34. The Morgan fingerprint density at radius 2 is 1.77 bits per heavy atom. The molecule has 1 aliphatic heterocycles. The molecule has 2 aromatic rings. The van der Waals surface area contributed by atoms with Crippen LogP contribution in [-0.4, -0.2) is 32.3 Å². The highest BCUT2D eigenvalue weighted by Gasteiger charge is 2.10. The number of carbonyl (C=O) groups is 1. The van der Waals surface area contributed by atoms with Gasteiger partial charge in [0, 0.05) is 24.5 Å². The molecule has 1 heterocycles. The molecule has 138 valence electrons. The molecule has 0 atom stereocenters. The van der Waals surface area contributed by atoms with Crippen molar-refractivity contribution in [1.29, 1.82) is 0 Å². The van der Waals surface area contributed by atoms with Gasteiger partial charge in [-0.05, 0) is 55.7 Å². The Morgan fingerprint density at radius 1 is 1.04 bits per heavy atom.